The first-order chi connectivity index (χ1) is 7.82. The number of hydrogen-bond donors (Lipinski definition) is 1. The number of rotatable bonds is 9. The van der Waals surface area contributed by atoms with Crippen molar-refractivity contribution in [2.45, 2.75) is 46.2 Å². The largest absolute Gasteiger partial charge is 0.310 e. The molecule has 0 heterocycles. The molecule has 17 heavy (non-hydrogen) atoms. The number of nitrogens with one attached hydrogen (secondary N) is 1. The lowest BCUT2D eigenvalue weighted by molar-refractivity contribution is 0.235. The molecule has 0 aromatic rings. The highest BCUT2D eigenvalue weighted by molar-refractivity contribution is 4.75. The van der Waals surface area contributed by atoms with E-state index >= 15 is 0 Å². The highest BCUT2D eigenvalue weighted by atomic mass is 15.1. The van der Waals surface area contributed by atoms with E-state index in [0.29, 0.717) is 18.0 Å². The van der Waals surface area contributed by atoms with E-state index in [1.807, 2.05) is 0 Å². The molecule has 0 aliphatic rings. The van der Waals surface area contributed by atoms with Gasteiger partial charge in [0, 0.05) is 18.6 Å². The van der Waals surface area contributed by atoms with Crippen molar-refractivity contribution < 1.29 is 0 Å². The average molecular weight is 243 g/mol. The zero-order chi connectivity index (χ0) is 13.4. The summed E-state index contributed by atoms with van der Waals surface area (Å²) >= 11 is 0. The predicted molar refractivity (Wildman–Crippen MR) is 77.6 cm³/mol. The van der Waals surface area contributed by atoms with Gasteiger partial charge in [0.15, 0.2) is 0 Å². The maximum absolute atomic E-state index is 3.66. The third-order valence-electron chi connectivity index (χ3n) is 3.01. The van der Waals surface area contributed by atoms with Gasteiger partial charge in [0.25, 0.3) is 0 Å². The zero-order valence-electron chi connectivity index (χ0n) is 13.0. The monoisotopic (exact) mass is 243 g/mol. The van der Waals surface area contributed by atoms with Crippen LogP contribution in [0.1, 0.15) is 34.1 Å². The second kappa shape index (κ2) is 8.90. The third-order valence-corrected chi connectivity index (χ3v) is 3.01. The van der Waals surface area contributed by atoms with Crippen LogP contribution in [0.4, 0.5) is 0 Å². The molecule has 0 bridgehead atoms. The van der Waals surface area contributed by atoms with Crippen molar-refractivity contribution in [2.24, 2.45) is 5.92 Å². The van der Waals surface area contributed by atoms with E-state index < -0.39 is 0 Å². The summed E-state index contributed by atoms with van der Waals surface area (Å²) in [7, 11) is 6.50. The van der Waals surface area contributed by atoms with Gasteiger partial charge in [-0.1, -0.05) is 27.7 Å². The van der Waals surface area contributed by atoms with Gasteiger partial charge in [0.2, 0.25) is 0 Å². The molecule has 0 amide bonds. The SMILES string of the molecule is CC(C)NC(CN(C)CCCN(C)C)C(C)C. The Kier molecular flexibility index (Phi) is 8.83. The van der Waals surface area contributed by atoms with Crippen molar-refractivity contribution in [3.05, 3.63) is 0 Å². The van der Waals surface area contributed by atoms with Gasteiger partial charge in [-0.05, 0) is 46.6 Å². The summed E-state index contributed by atoms with van der Waals surface area (Å²) in [6, 6.07) is 1.16. The summed E-state index contributed by atoms with van der Waals surface area (Å²) in [5.41, 5.74) is 0. The molecule has 1 atom stereocenters. The molecule has 0 aliphatic carbocycles. The Hall–Kier alpha value is -0.120. The first-order valence-corrected chi connectivity index (χ1v) is 6.92. The van der Waals surface area contributed by atoms with Gasteiger partial charge in [-0.3, -0.25) is 0 Å². The molecule has 0 saturated heterocycles. The normalized spacial score (nSPS) is 14.3. The Morgan fingerprint density at radius 2 is 1.53 bits per heavy atom. The Balaban J connectivity index is 3.91. The Morgan fingerprint density at radius 1 is 0.941 bits per heavy atom. The summed E-state index contributed by atoms with van der Waals surface area (Å²) in [5.74, 6) is 0.689. The Bertz CT molecular complexity index is 178. The van der Waals surface area contributed by atoms with Crippen molar-refractivity contribution in [1.82, 2.24) is 15.1 Å². The van der Waals surface area contributed by atoms with Crippen LogP contribution in [0.5, 0.6) is 0 Å². The standard InChI is InChI=1S/C14H33N3/c1-12(2)14(15-13(3)4)11-17(7)10-8-9-16(5)6/h12-15H,8-11H2,1-7H3. The molecule has 0 aliphatic heterocycles. The van der Waals surface area contributed by atoms with Crippen molar-refractivity contribution in [2.75, 3.05) is 40.8 Å². The predicted octanol–water partition coefficient (Wildman–Crippen LogP) is 1.89. The number of hydrogen-bond acceptors (Lipinski definition) is 3. The summed E-state index contributed by atoms with van der Waals surface area (Å²) in [6.07, 6.45) is 1.25. The lowest BCUT2D eigenvalue weighted by Crippen LogP contribution is -2.46. The van der Waals surface area contributed by atoms with Crippen molar-refractivity contribution in [1.29, 1.82) is 0 Å². The highest BCUT2D eigenvalue weighted by Gasteiger charge is 2.15. The van der Waals surface area contributed by atoms with Gasteiger partial charge in [-0.2, -0.15) is 0 Å². The highest BCUT2D eigenvalue weighted by Crippen LogP contribution is 2.05. The molecule has 1 N–H and O–H groups in total. The van der Waals surface area contributed by atoms with Crippen LogP contribution >= 0.6 is 0 Å². The Labute approximate surface area is 109 Å². The maximum Gasteiger partial charge on any atom is 0.0220 e. The minimum atomic E-state index is 0.567. The van der Waals surface area contributed by atoms with E-state index in [-0.39, 0.29) is 0 Å². The molecule has 104 valence electrons. The van der Waals surface area contributed by atoms with Gasteiger partial charge >= 0.3 is 0 Å². The maximum atomic E-state index is 3.66. The molecular formula is C14H33N3. The second-order valence-corrected chi connectivity index (χ2v) is 6.09. The van der Waals surface area contributed by atoms with Crippen molar-refractivity contribution in [3.63, 3.8) is 0 Å². The summed E-state index contributed by atoms with van der Waals surface area (Å²) in [5, 5.41) is 3.66. The molecule has 0 saturated carbocycles. The number of likely N-dealkylation sites (N-methyl/N-ethyl adjacent to an activating group) is 1. The lowest BCUT2D eigenvalue weighted by Gasteiger charge is -2.29. The summed E-state index contributed by atoms with van der Waals surface area (Å²) < 4.78 is 0. The lowest BCUT2D eigenvalue weighted by atomic mass is 10.0. The van der Waals surface area contributed by atoms with Gasteiger partial charge in [0.05, 0.1) is 0 Å². The minimum Gasteiger partial charge on any atom is -0.310 e. The molecule has 0 aromatic heterocycles. The van der Waals surface area contributed by atoms with Crippen LogP contribution < -0.4 is 5.32 Å². The van der Waals surface area contributed by atoms with Gasteiger partial charge in [0.1, 0.15) is 0 Å². The topological polar surface area (TPSA) is 18.5 Å². The molecular weight excluding hydrogens is 210 g/mol. The summed E-state index contributed by atoms with van der Waals surface area (Å²) in [4.78, 5) is 4.70. The fourth-order valence-corrected chi connectivity index (χ4v) is 1.97. The van der Waals surface area contributed by atoms with E-state index in [9.17, 15) is 0 Å². The summed E-state index contributed by atoms with van der Waals surface area (Å²) in [6.45, 7) is 12.5. The molecule has 3 heteroatoms. The van der Waals surface area contributed by atoms with E-state index in [1.165, 1.54) is 19.5 Å². The van der Waals surface area contributed by atoms with E-state index in [0.717, 1.165) is 6.54 Å². The van der Waals surface area contributed by atoms with Crippen LogP contribution in [0.2, 0.25) is 0 Å². The molecule has 0 rings (SSSR count). The van der Waals surface area contributed by atoms with Crippen LogP contribution in [-0.4, -0.2) is 62.7 Å². The second-order valence-electron chi connectivity index (χ2n) is 6.09. The van der Waals surface area contributed by atoms with Crippen LogP contribution in [0.25, 0.3) is 0 Å². The van der Waals surface area contributed by atoms with Crippen LogP contribution in [0, 0.1) is 5.92 Å². The Morgan fingerprint density at radius 3 is 1.94 bits per heavy atom. The average Bonchev–Trinajstić information content (AvgIpc) is 2.15. The first kappa shape index (κ1) is 16.9. The minimum absolute atomic E-state index is 0.567. The van der Waals surface area contributed by atoms with Gasteiger partial charge < -0.3 is 15.1 Å². The molecule has 0 fully saturated rings. The molecule has 0 spiro atoms. The van der Waals surface area contributed by atoms with Gasteiger partial charge in [-0.15, -0.1) is 0 Å². The molecule has 0 aromatic carbocycles. The van der Waals surface area contributed by atoms with Gasteiger partial charge in [-0.25, -0.2) is 0 Å². The van der Waals surface area contributed by atoms with Crippen LogP contribution in [0.15, 0.2) is 0 Å². The van der Waals surface area contributed by atoms with Crippen molar-refractivity contribution >= 4 is 0 Å². The fourth-order valence-electron chi connectivity index (χ4n) is 1.97. The zero-order valence-corrected chi connectivity index (χ0v) is 13.0. The van der Waals surface area contributed by atoms with E-state index in [2.05, 4.69) is 64.0 Å². The van der Waals surface area contributed by atoms with Crippen molar-refractivity contribution in [3.8, 4) is 0 Å². The van der Waals surface area contributed by atoms with E-state index in [4.69, 9.17) is 0 Å². The smallest absolute Gasteiger partial charge is 0.0220 e. The first-order valence-electron chi connectivity index (χ1n) is 6.92. The molecule has 0 radical (unpaired) electrons. The van der Waals surface area contributed by atoms with Crippen LogP contribution in [-0.2, 0) is 0 Å². The number of nitrogens with zero attached hydrogens (tertiary/aromatic N) is 2. The van der Waals surface area contributed by atoms with Crippen LogP contribution in [0.3, 0.4) is 0 Å². The van der Waals surface area contributed by atoms with E-state index in [1.54, 1.807) is 0 Å². The quantitative estimate of drug-likeness (QED) is 0.667. The third kappa shape index (κ3) is 9.57. The molecule has 3 nitrogen and oxygen atoms in total. The molecule has 1 unspecified atom stereocenters. The fraction of sp³-hybridized carbons (Fsp3) is 1.00.